The van der Waals surface area contributed by atoms with Crippen molar-refractivity contribution in [2.75, 3.05) is 26.2 Å². The van der Waals surface area contributed by atoms with E-state index in [0.29, 0.717) is 22.8 Å². The van der Waals surface area contributed by atoms with Crippen LogP contribution in [0.2, 0.25) is 0 Å². The Hall–Kier alpha value is -4.21. The van der Waals surface area contributed by atoms with E-state index in [-0.39, 0.29) is 17.4 Å². The van der Waals surface area contributed by atoms with Gasteiger partial charge in [0.1, 0.15) is 17.6 Å². The third-order valence-electron chi connectivity index (χ3n) is 6.55. The number of anilines is 1. The van der Waals surface area contributed by atoms with E-state index in [1.807, 2.05) is 0 Å². The van der Waals surface area contributed by atoms with Crippen LogP contribution in [0.1, 0.15) is 54.2 Å². The van der Waals surface area contributed by atoms with E-state index in [1.165, 1.54) is 63.0 Å². The van der Waals surface area contributed by atoms with Crippen molar-refractivity contribution in [2.24, 2.45) is 0 Å². The third kappa shape index (κ3) is 5.85. The number of aromatic nitrogens is 2. The maximum absolute atomic E-state index is 14.4. The van der Waals surface area contributed by atoms with E-state index in [2.05, 4.69) is 15.3 Å². The van der Waals surface area contributed by atoms with Crippen LogP contribution in [0.25, 0.3) is 0 Å². The standard InChI is InChI=1S/C28H31FN4O5/c1-36-23-14-18(15-24(37-2)26(23)38-3)25(27(34)32-20-9-5-4-6-10-20)33(21-11-7-8-19(29)16-21)28(35)22-17-30-12-13-31-22/h7-8,11-17,20,25H,4-6,9-10H2,1-3H3,(H,32,34)/t25-/m1/s1. The van der Waals surface area contributed by atoms with Crippen LogP contribution in [0.3, 0.4) is 0 Å². The SMILES string of the molecule is COc1cc([C@H](C(=O)NC2CCCCC2)N(C(=O)c2cnccn2)c2cccc(F)c2)cc(OC)c1OC. The molecule has 2 amide bonds. The van der Waals surface area contributed by atoms with E-state index in [1.54, 1.807) is 18.2 Å². The summed E-state index contributed by atoms with van der Waals surface area (Å²) in [6.07, 6.45) is 8.93. The molecule has 2 aromatic carbocycles. The quantitative estimate of drug-likeness (QED) is 0.442. The van der Waals surface area contributed by atoms with Crippen molar-refractivity contribution in [2.45, 2.75) is 44.2 Å². The second-order valence-corrected chi connectivity index (χ2v) is 8.95. The number of methoxy groups -OCH3 is 3. The molecule has 0 radical (unpaired) electrons. The molecule has 1 atom stereocenters. The third-order valence-corrected chi connectivity index (χ3v) is 6.55. The van der Waals surface area contributed by atoms with Gasteiger partial charge in [0.2, 0.25) is 11.7 Å². The predicted octanol–water partition coefficient (Wildman–Crippen LogP) is 4.48. The van der Waals surface area contributed by atoms with Gasteiger partial charge in [0, 0.05) is 24.1 Å². The number of rotatable bonds is 9. The van der Waals surface area contributed by atoms with Crippen LogP contribution in [-0.4, -0.2) is 49.2 Å². The summed E-state index contributed by atoms with van der Waals surface area (Å²) in [5.41, 5.74) is 0.562. The van der Waals surface area contributed by atoms with Gasteiger partial charge in [-0.15, -0.1) is 0 Å². The molecule has 1 saturated carbocycles. The molecule has 1 aliphatic carbocycles. The van der Waals surface area contributed by atoms with E-state index >= 15 is 0 Å². The molecule has 0 aliphatic heterocycles. The van der Waals surface area contributed by atoms with Crippen LogP contribution in [-0.2, 0) is 4.79 Å². The largest absolute Gasteiger partial charge is 0.493 e. The van der Waals surface area contributed by atoms with Crippen LogP contribution in [0.5, 0.6) is 17.2 Å². The lowest BCUT2D eigenvalue weighted by Gasteiger charge is -2.33. The highest BCUT2D eigenvalue weighted by Gasteiger charge is 2.36. The van der Waals surface area contributed by atoms with E-state index < -0.39 is 23.7 Å². The minimum atomic E-state index is -1.22. The average Bonchev–Trinajstić information content (AvgIpc) is 2.95. The van der Waals surface area contributed by atoms with E-state index in [4.69, 9.17) is 14.2 Å². The van der Waals surface area contributed by atoms with Gasteiger partial charge >= 0.3 is 0 Å². The Morgan fingerprint density at radius 3 is 2.29 bits per heavy atom. The molecule has 0 unspecified atom stereocenters. The summed E-state index contributed by atoms with van der Waals surface area (Å²) < 4.78 is 31.0. The number of benzene rings is 2. The molecule has 1 N–H and O–H groups in total. The maximum atomic E-state index is 14.4. The molecule has 0 bridgehead atoms. The predicted molar refractivity (Wildman–Crippen MR) is 139 cm³/mol. The van der Waals surface area contributed by atoms with Gasteiger partial charge in [0.25, 0.3) is 5.91 Å². The molecule has 1 aromatic heterocycles. The molecule has 1 heterocycles. The lowest BCUT2D eigenvalue weighted by atomic mass is 9.94. The van der Waals surface area contributed by atoms with Crippen molar-refractivity contribution in [1.82, 2.24) is 15.3 Å². The summed E-state index contributed by atoms with van der Waals surface area (Å²) in [7, 11) is 4.41. The van der Waals surface area contributed by atoms with Gasteiger partial charge in [0.15, 0.2) is 11.5 Å². The molecule has 3 aromatic rings. The molecule has 10 heteroatoms. The van der Waals surface area contributed by atoms with Gasteiger partial charge in [-0.05, 0) is 48.7 Å². The van der Waals surface area contributed by atoms with Crippen molar-refractivity contribution in [3.8, 4) is 17.2 Å². The Morgan fingerprint density at radius 2 is 1.71 bits per heavy atom. The van der Waals surface area contributed by atoms with Gasteiger partial charge in [0.05, 0.1) is 27.5 Å². The number of hydrogen-bond acceptors (Lipinski definition) is 7. The fourth-order valence-corrected chi connectivity index (χ4v) is 4.75. The minimum absolute atomic E-state index is 0.000306. The lowest BCUT2D eigenvalue weighted by Crippen LogP contribution is -2.47. The van der Waals surface area contributed by atoms with Crippen molar-refractivity contribution in [3.05, 3.63) is 72.1 Å². The second-order valence-electron chi connectivity index (χ2n) is 8.95. The topological polar surface area (TPSA) is 103 Å². The summed E-state index contributed by atoms with van der Waals surface area (Å²) in [5, 5.41) is 3.12. The smallest absolute Gasteiger partial charge is 0.279 e. The molecule has 1 aliphatic rings. The summed E-state index contributed by atoms with van der Waals surface area (Å²) in [5.74, 6) is -0.653. The second kappa shape index (κ2) is 12.4. The summed E-state index contributed by atoms with van der Waals surface area (Å²) >= 11 is 0. The van der Waals surface area contributed by atoms with Gasteiger partial charge in [-0.3, -0.25) is 19.5 Å². The molecule has 1 fully saturated rings. The fourth-order valence-electron chi connectivity index (χ4n) is 4.75. The molecule has 0 saturated heterocycles. The number of carbonyl (C=O) groups excluding carboxylic acids is 2. The number of ether oxygens (including phenoxy) is 3. The van der Waals surface area contributed by atoms with Crippen LogP contribution in [0.15, 0.2) is 55.0 Å². The van der Waals surface area contributed by atoms with Crippen molar-refractivity contribution < 1.29 is 28.2 Å². The Balaban J connectivity index is 1.90. The minimum Gasteiger partial charge on any atom is -0.493 e. The van der Waals surface area contributed by atoms with Crippen molar-refractivity contribution in [1.29, 1.82) is 0 Å². The first-order valence-electron chi connectivity index (χ1n) is 12.4. The van der Waals surface area contributed by atoms with E-state index in [0.717, 1.165) is 32.1 Å². The van der Waals surface area contributed by atoms with Crippen molar-refractivity contribution in [3.63, 3.8) is 0 Å². The zero-order valence-electron chi connectivity index (χ0n) is 21.6. The van der Waals surface area contributed by atoms with Crippen LogP contribution in [0, 0.1) is 5.82 Å². The fraction of sp³-hybridized carbons (Fsp3) is 0.357. The number of carbonyl (C=O) groups is 2. The van der Waals surface area contributed by atoms with Gasteiger partial charge in [-0.1, -0.05) is 25.3 Å². The molecule has 200 valence electrons. The molecule has 38 heavy (non-hydrogen) atoms. The number of halogens is 1. The molecule has 9 nitrogen and oxygen atoms in total. The zero-order valence-corrected chi connectivity index (χ0v) is 21.6. The number of nitrogens with one attached hydrogen (secondary N) is 1. The number of hydrogen-bond donors (Lipinski definition) is 1. The van der Waals surface area contributed by atoms with Crippen LogP contribution < -0.4 is 24.4 Å². The molecular formula is C28H31FN4O5. The van der Waals surface area contributed by atoms with E-state index in [9.17, 15) is 14.0 Å². The summed E-state index contributed by atoms with van der Waals surface area (Å²) in [6, 6.07) is 7.48. The number of nitrogens with zero attached hydrogens (tertiary/aromatic N) is 3. The number of amides is 2. The molecular weight excluding hydrogens is 491 g/mol. The van der Waals surface area contributed by atoms with Crippen LogP contribution in [0.4, 0.5) is 10.1 Å². The first-order valence-corrected chi connectivity index (χ1v) is 12.4. The summed E-state index contributed by atoms with van der Waals surface area (Å²) in [6.45, 7) is 0. The van der Waals surface area contributed by atoms with Gasteiger partial charge in [-0.2, -0.15) is 0 Å². The first kappa shape index (κ1) is 26.8. The monoisotopic (exact) mass is 522 g/mol. The molecule has 0 spiro atoms. The zero-order chi connectivity index (χ0) is 27.1. The Labute approximate surface area is 220 Å². The molecule has 4 rings (SSSR count). The highest BCUT2D eigenvalue weighted by atomic mass is 19.1. The Morgan fingerprint density at radius 1 is 1.00 bits per heavy atom. The van der Waals surface area contributed by atoms with Gasteiger partial charge in [-0.25, -0.2) is 9.37 Å². The highest BCUT2D eigenvalue weighted by Crippen LogP contribution is 2.42. The normalized spacial score (nSPS) is 14.3. The van der Waals surface area contributed by atoms with Crippen LogP contribution >= 0.6 is 0 Å². The first-order chi connectivity index (χ1) is 18.5. The Bertz CT molecular complexity index is 1240. The Kier molecular flexibility index (Phi) is 8.73. The summed E-state index contributed by atoms with van der Waals surface area (Å²) in [4.78, 5) is 37.4. The lowest BCUT2D eigenvalue weighted by molar-refractivity contribution is -0.123. The average molecular weight is 523 g/mol. The maximum Gasteiger partial charge on any atom is 0.279 e. The van der Waals surface area contributed by atoms with Gasteiger partial charge < -0.3 is 19.5 Å². The van der Waals surface area contributed by atoms with Crippen molar-refractivity contribution >= 4 is 17.5 Å². The highest BCUT2D eigenvalue weighted by molar-refractivity contribution is 6.09.